The van der Waals surface area contributed by atoms with Crippen LogP contribution in [0, 0.1) is 5.82 Å². The first kappa shape index (κ1) is 21.0. The lowest BCUT2D eigenvalue weighted by Crippen LogP contribution is -2.27. The van der Waals surface area contributed by atoms with Crippen molar-refractivity contribution in [3.8, 4) is 17.0 Å². The van der Waals surface area contributed by atoms with Gasteiger partial charge in [-0.3, -0.25) is 4.79 Å². The summed E-state index contributed by atoms with van der Waals surface area (Å²) < 4.78 is 18.3. The van der Waals surface area contributed by atoms with Gasteiger partial charge in [-0.25, -0.2) is 4.39 Å². The lowest BCUT2D eigenvalue weighted by molar-refractivity contribution is -0.120. The minimum atomic E-state index is -0.299. The quantitative estimate of drug-likeness (QED) is 0.287. The van der Waals surface area contributed by atoms with Crippen molar-refractivity contribution >= 4 is 28.6 Å². The number of amides is 1. The molecule has 158 valence electrons. The highest BCUT2D eigenvalue weighted by Gasteiger charge is 2.14. The topological polar surface area (TPSA) is 54.1 Å². The van der Waals surface area contributed by atoms with Crippen molar-refractivity contribution < 1.29 is 13.9 Å². The molecule has 0 saturated carbocycles. The maximum Gasteiger partial charge on any atom is 0.224 e. The predicted molar refractivity (Wildman–Crippen MR) is 124 cm³/mol. The van der Waals surface area contributed by atoms with E-state index in [1.165, 1.54) is 12.1 Å². The number of methoxy groups -OCH3 is 1. The van der Waals surface area contributed by atoms with Gasteiger partial charge in [0.15, 0.2) is 0 Å². The Hall–Kier alpha value is -3.25. The van der Waals surface area contributed by atoms with Gasteiger partial charge < -0.3 is 15.0 Å². The van der Waals surface area contributed by atoms with Crippen LogP contribution >= 0.6 is 11.8 Å². The number of rotatable bonds is 8. The highest BCUT2D eigenvalue weighted by Crippen LogP contribution is 2.37. The zero-order valence-electron chi connectivity index (χ0n) is 17.2. The number of hydrogen-bond acceptors (Lipinski definition) is 3. The SMILES string of the molecule is COc1ccc(-c2[nH]c3ccccc3c2SCCNC(=O)Cc2ccc(F)cc2)cc1. The van der Waals surface area contributed by atoms with Gasteiger partial charge in [-0.05, 0) is 53.6 Å². The number of thioether (sulfide) groups is 1. The molecule has 0 radical (unpaired) electrons. The van der Waals surface area contributed by atoms with Crippen LogP contribution in [-0.4, -0.2) is 30.3 Å². The molecule has 0 spiro atoms. The molecule has 4 aromatic rings. The molecule has 1 heterocycles. The van der Waals surface area contributed by atoms with Crippen LogP contribution < -0.4 is 10.1 Å². The summed E-state index contributed by atoms with van der Waals surface area (Å²) in [5.41, 5.74) is 4.02. The van der Waals surface area contributed by atoms with Crippen LogP contribution in [0.2, 0.25) is 0 Å². The van der Waals surface area contributed by atoms with Gasteiger partial charge in [-0.2, -0.15) is 0 Å². The van der Waals surface area contributed by atoms with E-state index in [1.54, 1.807) is 31.0 Å². The molecule has 4 rings (SSSR count). The molecule has 1 aromatic heterocycles. The first-order chi connectivity index (χ1) is 15.1. The minimum Gasteiger partial charge on any atom is -0.497 e. The standard InChI is InChI=1S/C25H23FN2O2S/c1-30-20-12-8-18(9-13-20)24-25(21-4-2-3-5-22(21)28-24)31-15-14-27-23(29)16-17-6-10-19(26)11-7-17/h2-13,28H,14-16H2,1H3,(H,27,29). The molecule has 0 unspecified atom stereocenters. The number of aromatic nitrogens is 1. The van der Waals surface area contributed by atoms with Crippen molar-refractivity contribution in [1.29, 1.82) is 0 Å². The summed E-state index contributed by atoms with van der Waals surface area (Å²) in [7, 11) is 1.66. The fourth-order valence-electron chi connectivity index (χ4n) is 3.42. The van der Waals surface area contributed by atoms with Gasteiger partial charge in [0.2, 0.25) is 5.91 Å². The van der Waals surface area contributed by atoms with Gasteiger partial charge >= 0.3 is 0 Å². The van der Waals surface area contributed by atoms with Crippen molar-refractivity contribution in [2.24, 2.45) is 0 Å². The van der Waals surface area contributed by atoms with Gasteiger partial charge in [0.05, 0.1) is 19.2 Å². The van der Waals surface area contributed by atoms with Gasteiger partial charge in [-0.1, -0.05) is 30.3 Å². The van der Waals surface area contributed by atoms with Crippen LogP contribution in [0.3, 0.4) is 0 Å². The maximum absolute atomic E-state index is 13.0. The number of fused-ring (bicyclic) bond motifs is 1. The van der Waals surface area contributed by atoms with Gasteiger partial charge in [0.1, 0.15) is 11.6 Å². The number of benzene rings is 3. The Morgan fingerprint density at radius 2 is 1.77 bits per heavy atom. The van der Waals surface area contributed by atoms with Crippen LogP contribution in [-0.2, 0) is 11.2 Å². The second-order valence-electron chi connectivity index (χ2n) is 7.10. The summed E-state index contributed by atoms with van der Waals surface area (Å²) in [6.45, 7) is 0.548. The lowest BCUT2D eigenvalue weighted by Gasteiger charge is -2.08. The molecule has 0 aliphatic rings. The number of hydrogen-bond donors (Lipinski definition) is 2. The number of H-pyrrole nitrogens is 1. The van der Waals surface area contributed by atoms with Crippen LogP contribution in [0.15, 0.2) is 77.7 Å². The summed E-state index contributed by atoms with van der Waals surface area (Å²) in [5.74, 6) is 1.19. The molecule has 1 amide bonds. The maximum atomic E-state index is 13.0. The minimum absolute atomic E-state index is 0.0680. The average molecular weight is 435 g/mol. The van der Waals surface area contributed by atoms with Gasteiger partial charge in [0, 0.05) is 28.1 Å². The van der Waals surface area contributed by atoms with E-state index in [1.807, 2.05) is 36.4 Å². The van der Waals surface area contributed by atoms with E-state index < -0.39 is 0 Å². The van der Waals surface area contributed by atoms with E-state index in [4.69, 9.17) is 4.74 Å². The number of para-hydroxylation sites is 1. The van der Waals surface area contributed by atoms with Crippen LogP contribution in [0.1, 0.15) is 5.56 Å². The smallest absolute Gasteiger partial charge is 0.224 e. The zero-order chi connectivity index (χ0) is 21.6. The molecular weight excluding hydrogens is 411 g/mol. The Labute approximate surface area is 184 Å². The molecule has 3 aromatic carbocycles. The van der Waals surface area contributed by atoms with Crippen LogP contribution in [0.5, 0.6) is 5.75 Å². The molecule has 0 bridgehead atoms. The zero-order valence-corrected chi connectivity index (χ0v) is 18.0. The van der Waals surface area contributed by atoms with E-state index in [-0.39, 0.29) is 18.1 Å². The molecule has 0 saturated heterocycles. The van der Waals surface area contributed by atoms with Crippen molar-refractivity contribution in [1.82, 2.24) is 10.3 Å². The third kappa shape index (κ3) is 5.09. The molecule has 0 aliphatic heterocycles. The Kier molecular flexibility index (Phi) is 6.57. The number of carbonyl (C=O) groups is 1. The van der Waals surface area contributed by atoms with E-state index in [2.05, 4.69) is 22.4 Å². The summed E-state index contributed by atoms with van der Waals surface area (Å²) >= 11 is 1.71. The molecular formula is C25H23FN2O2S. The second kappa shape index (κ2) is 9.71. The van der Waals surface area contributed by atoms with Gasteiger partial charge in [0.25, 0.3) is 0 Å². The largest absolute Gasteiger partial charge is 0.497 e. The van der Waals surface area contributed by atoms with Crippen molar-refractivity contribution in [3.63, 3.8) is 0 Å². The monoisotopic (exact) mass is 434 g/mol. The van der Waals surface area contributed by atoms with Crippen LogP contribution in [0.25, 0.3) is 22.2 Å². The highest BCUT2D eigenvalue weighted by atomic mass is 32.2. The second-order valence-corrected chi connectivity index (χ2v) is 8.21. The third-order valence-corrected chi connectivity index (χ3v) is 6.11. The molecule has 6 heteroatoms. The first-order valence-electron chi connectivity index (χ1n) is 10.0. The summed E-state index contributed by atoms with van der Waals surface area (Å²) in [6.07, 6.45) is 0.245. The van der Waals surface area contributed by atoms with E-state index in [0.29, 0.717) is 6.54 Å². The van der Waals surface area contributed by atoms with E-state index in [0.717, 1.165) is 44.1 Å². The number of aromatic amines is 1. The Morgan fingerprint density at radius 1 is 1.03 bits per heavy atom. The van der Waals surface area contributed by atoms with Crippen molar-refractivity contribution in [2.75, 3.05) is 19.4 Å². The number of carbonyl (C=O) groups excluding carboxylic acids is 1. The third-order valence-electron chi connectivity index (χ3n) is 4.99. The summed E-state index contributed by atoms with van der Waals surface area (Å²) in [5, 5.41) is 4.11. The summed E-state index contributed by atoms with van der Waals surface area (Å²) in [6, 6.07) is 22.2. The molecule has 0 atom stereocenters. The van der Waals surface area contributed by atoms with E-state index in [9.17, 15) is 9.18 Å². The summed E-state index contributed by atoms with van der Waals surface area (Å²) in [4.78, 5) is 16.9. The van der Waals surface area contributed by atoms with Gasteiger partial charge in [-0.15, -0.1) is 11.8 Å². The Morgan fingerprint density at radius 3 is 2.52 bits per heavy atom. The highest BCUT2D eigenvalue weighted by molar-refractivity contribution is 7.99. The lowest BCUT2D eigenvalue weighted by atomic mass is 10.1. The fraction of sp³-hybridized carbons (Fsp3) is 0.160. The van der Waals surface area contributed by atoms with Crippen LogP contribution in [0.4, 0.5) is 4.39 Å². The molecule has 31 heavy (non-hydrogen) atoms. The average Bonchev–Trinajstić information content (AvgIpc) is 3.17. The number of halogens is 1. The number of nitrogens with one attached hydrogen (secondary N) is 2. The van der Waals surface area contributed by atoms with E-state index >= 15 is 0 Å². The first-order valence-corrected chi connectivity index (χ1v) is 11.0. The molecule has 2 N–H and O–H groups in total. The van der Waals surface area contributed by atoms with Crippen molar-refractivity contribution in [3.05, 3.63) is 84.2 Å². The predicted octanol–water partition coefficient (Wildman–Crippen LogP) is 5.43. The number of ether oxygens (including phenoxy) is 1. The molecule has 4 nitrogen and oxygen atoms in total. The fourth-order valence-corrected chi connectivity index (χ4v) is 4.48. The Balaban J connectivity index is 1.42. The Bertz CT molecular complexity index is 1170. The molecule has 0 aliphatic carbocycles. The molecule has 0 fully saturated rings. The normalized spacial score (nSPS) is 10.9. The van der Waals surface area contributed by atoms with Crippen molar-refractivity contribution in [2.45, 2.75) is 11.3 Å².